The Labute approximate surface area is 107 Å². The largest absolute Gasteiger partial charge is 0.341 e. The summed E-state index contributed by atoms with van der Waals surface area (Å²) >= 11 is 0. The maximum Gasteiger partial charge on any atom is 0.321 e. The Morgan fingerprint density at radius 1 is 1.39 bits per heavy atom. The van der Waals surface area contributed by atoms with Crippen molar-refractivity contribution in [2.75, 3.05) is 20.1 Å². The van der Waals surface area contributed by atoms with Gasteiger partial charge in [-0.3, -0.25) is 15.0 Å². The molecule has 1 saturated heterocycles. The van der Waals surface area contributed by atoms with Crippen LogP contribution in [0.2, 0.25) is 0 Å². The molecule has 0 radical (unpaired) electrons. The molecule has 3 amide bonds. The summed E-state index contributed by atoms with van der Waals surface area (Å²) in [5.41, 5.74) is -0.284. The van der Waals surface area contributed by atoms with Crippen molar-refractivity contribution >= 4 is 11.9 Å². The molecule has 1 atom stereocenters. The normalized spacial score (nSPS) is 20.6. The van der Waals surface area contributed by atoms with Crippen LogP contribution >= 0.6 is 0 Å². The van der Waals surface area contributed by atoms with Crippen molar-refractivity contribution in [1.82, 2.24) is 15.5 Å². The molecule has 0 aromatic heterocycles. The topological polar surface area (TPSA) is 85.2 Å². The van der Waals surface area contributed by atoms with Gasteiger partial charge in [-0.25, -0.2) is 4.79 Å². The molecule has 0 aromatic rings. The van der Waals surface area contributed by atoms with Gasteiger partial charge in [0.15, 0.2) is 0 Å². The first-order valence-electron chi connectivity index (χ1n) is 6.10. The number of hydrogen-bond donors (Lipinski definition) is 2. The van der Waals surface area contributed by atoms with E-state index in [2.05, 4.69) is 16.7 Å². The number of nitriles is 1. The molecule has 6 nitrogen and oxygen atoms in total. The van der Waals surface area contributed by atoms with Crippen LogP contribution in [0.25, 0.3) is 0 Å². The van der Waals surface area contributed by atoms with Crippen LogP contribution in [0.3, 0.4) is 0 Å². The summed E-state index contributed by atoms with van der Waals surface area (Å²) in [5, 5.41) is 13.6. The summed E-state index contributed by atoms with van der Waals surface area (Å²) in [6.45, 7) is 5.12. The van der Waals surface area contributed by atoms with Gasteiger partial charge in [-0.2, -0.15) is 5.26 Å². The summed E-state index contributed by atoms with van der Waals surface area (Å²) in [6.07, 6.45) is 1.50. The van der Waals surface area contributed by atoms with Gasteiger partial charge in [0, 0.05) is 20.1 Å². The van der Waals surface area contributed by atoms with E-state index in [1.807, 2.05) is 11.8 Å². The number of nitrogens with zero attached hydrogens (tertiary/aromatic N) is 2. The molecule has 1 fully saturated rings. The molecule has 0 bridgehead atoms. The lowest BCUT2D eigenvalue weighted by Gasteiger charge is -2.37. The maximum atomic E-state index is 11.8. The minimum atomic E-state index is -0.495. The molecule has 0 saturated carbocycles. The van der Waals surface area contributed by atoms with Crippen molar-refractivity contribution < 1.29 is 9.59 Å². The van der Waals surface area contributed by atoms with Gasteiger partial charge in [-0.1, -0.05) is 0 Å². The lowest BCUT2D eigenvalue weighted by molar-refractivity contribution is -0.125. The Balaban J connectivity index is 2.50. The second kappa shape index (κ2) is 5.83. The Hall–Kier alpha value is -1.61. The SMILES string of the molecule is CNC(=O)NC(=O)C(C)N1CCC(C)(C#N)CC1. The third-order valence-corrected chi connectivity index (χ3v) is 3.56. The van der Waals surface area contributed by atoms with Crippen molar-refractivity contribution in [3.8, 4) is 6.07 Å². The number of carbonyl (C=O) groups is 2. The number of piperidine rings is 1. The molecule has 2 N–H and O–H groups in total. The molecular formula is C12H20N4O2. The van der Waals surface area contributed by atoms with Crippen molar-refractivity contribution in [1.29, 1.82) is 5.26 Å². The number of imide groups is 1. The van der Waals surface area contributed by atoms with Gasteiger partial charge in [0.1, 0.15) is 0 Å². The molecule has 0 aromatic carbocycles. The van der Waals surface area contributed by atoms with Gasteiger partial charge < -0.3 is 5.32 Å². The summed E-state index contributed by atoms with van der Waals surface area (Å²) in [6, 6.07) is 1.47. The molecule has 1 aliphatic rings. The van der Waals surface area contributed by atoms with E-state index in [1.165, 1.54) is 7.05 Å². The van der Waals surface area contributed by atoms with Crippen LogP contribution in [0.5, 0.6) is 0 Å². The first-order chi connectivity index (χ1) is 8.41. The Bertz CT molecular complexity index is 367. The van der Waals surface area contributed by atoms with Gasteiger partial charge in [-0.15, -0.1) is 0 Å². The van der Waals surface area contributed by atoms with Crippen molar-refractivity contribution in [2.24, 2.45) is 5.41 Å². The van der Waals surface area contributed by atoms with Crippen molar-refractivity contribution in [3.05, 3.63) is 0 Å². The van der Waals surface area contributed by atoms with E-state index in [-0.39, 0.29) is 17.4 Å². The van der Waals surface area contributed by atoms with Gasteiger partial charge in [0.05, 0.1) is 17.5 Å². The highest BCUT2D eigenvalue weighted by Crippen LogP contribution is 2.30. The Morgan fingerprint density at radius 2 is 1.94 bits per heavy atom. The zero-order valence-corrected chi connectivity index (χ0v) is 11.1. The Morgan fingerprint density at radius 3 is 2.39 bits per heavy atom. The molecule has 100 valence electrons. The monoisotopic (exact) mass is 252 g/mol. The second-order valence-corrected chi connectivity index (χ2v) is 4.95. The van der Waals surface area contributed by atoms with E-state index in [0.717, 1.165) is 12.8 Å². The zero-order chi connectivity index (χ0) is 13.8. The number of carbonyl (C=O) groups excluding carboxylic acids is 2. The number of urea groups is 1. The summed E-state index contributed by atoms with van der Waals surface area (Å²) < 4.78 is 0. The predicted octanol–water partition coefficient (Wildman–Crippen LogP) is 0.456. The van der Waals surface area contributed by atoms with E-state index in [0.29, 0.717) is 13.1 Å². The number of likely N-dealkylation sites (tertiary alicyclic amines) is 1. The van der Waals surface area contributed by atoms with Crippen LogP contribution < -0.4 is 10.6 Å². The number of amides is 3. The average Bonchev–Trinajstić information content (AvgIpc) is 2.38. The first-order valence-corrected chi connectivity index (χ1v) is 6.10. The molecule has 1 heterocycles. The highest BCUT2D eigenvalue weighted by Gasteiger charge is 2.33. The van der Waals surface area contributed by atoms with Crippen molar-refractivity contribution in [2.45, 2.75) is 32.7 Å². The van der Waals surface area contributed by atoms with Crippen LogP contribution in [0.4, 0.5) is 4.79 Å². The first kappa shape index (κ1) is 14.5. The van der Waals surface area contributed by atoms with E-state index in [1.54, 1.807) is 6.92 Å². The molecular weight excluding hydrogens is 232 g/mol. The smallest absolute Gasteiger partial charge is 0.321 e. The van der Waals surface area contributed by atoms with E-state index < -0.39 is 6.03 Å². The van der Waals surface area contributed by atoms with E-state index in [4.69, 9.17) is 5.26 Å². The summed E-state index contributed by atoms with van der Waals surface area (Å²) in [4.78, 5) is 24.8. The van der Waals surface area contributed by atoms with Crippen LogP contribution in [-0.4, -0.2) is 43.0 Å². The molecule has 6 heteroatoms. The van der Waals surface area contributed by atoms with Crippen LogP contribution in [0, 0.1) is 16.7 Å². The average molecular weight is 252 g/mol. The summed E-state index contributed by atoms with van der Waals surface area (Å²) in [7, 11) is 1.46. The molecule has 1 rings (SSSR count). The molecule has 0 spiro atoms. The Kier molecular flexibility index (Phi) is 4.68. The van der Waals surface area contributed by atoms with Crippen LogP contribution in [-0.2, 0) is 4.79 Å². The quantitative estimate of drug-likeness (QED) is 0.747. The molecule has 1 aliphatic heterocycles. The fourth-order valence-corrected chi connectivity index (χ4v) is 1.96. The highest BCUT2D eigenvalue weighted by molar-refractivity contribution is 5.96. The lowest BCUT2D eigenvalue weighted by atomic mass is 9.81. The third-order valence-electron chi connectivity index (χ3n) is 3.56. The van der Waals surface area contributed by atoms with Crippen molar-refractivity contribution in [3.63, 3.8) is 0 Å². The summed E-state index contributed by atoms with van der Waals surface area (Å²) in [5.74, 6) is -0.310. The second-order valence-electron chi connectivity index (χ2n) is 4.95. The molecule has 0 aliphatic carbocycles. The minimum absolute atomic E-state index is 0.284. The fraction of sp³-hybridized carbons (Fsp3) is 0.750. The van der Waals surface area contributed by atoms with E-state index >= 15 is 0 Å². The molecule has 18 heavy (non-hydrogen) atoms. The van der Waals surface area contributed by atoms with Crippen LogP contribution in [0.15, 0.2) is 0 Å². The number of nitrogens with one attached hydrogen (secondary N) is 2. The fourth-order valence-electron chi connectivity index (χ4n) is 1.96. The maximum absolute atomic E-state index is 11.8. The standard InChI is InChI=1S/C12H20N4O2/c1-9(10(17)15-11(18)14-3)16-6-4-12(2,8-13)5-7-16/h9H,4-7H2,1-3H3,(H2,14,15,17,18). The van der Waals surface area contributed by atoms with Gasteiger partial charge >= 0.3 is 6.03 Å². The van der Waals surface area contributed by atoms with Gasteiger partial charge in [-0.05, 0) is 26.7 Å². The highest BCUT2D eigenvalue weighted by atomic mass is 16.2. The predicted molar refractivity (Wildman–Crippen MR) is 66.6 cm³/mol. The van der Waals surface area contributed by atoms with Gasteiger partial charge in [0.2, 0.25) is 5.91 Å². The lowest BCUT2D eigenvalue weighted by Crippen LogP contribution is -2.52. The number of rotatable bonds is 2. The molecule has 1 unspecified atom stereocenters. The minimum Gasteiger partial charge on any atom is -0.341 e. The van der Waals surface area contributed by atoms with Crippen LogP contribution in [0.1, 0.15) is 26.7 Å². The van der Waals surface area contributed by atoms with Gasteiger partial charge in [0.25, 0.3) is 0 Å². The number of hydrogen-bond acceptors (Lipinski definition) is 4. The third kappa shape index (κ3) is 3.44. The zero-order valence-electron chi connectivity index (χ0n) is 11.1. The van der Waals surface area contributed by atoms with E-state index in [9.17, 15) is 9.59 Å².